The summed E-state index contributed by atoms with van der Waals surface area (Å²) in [6.45, 7) is 6.84. The van der Waals surface area contributed by atoms with Gasteiger partial charge >= 0.3 is 0 Å². The van der Waals surface area contributed by atoms with Crippen LogP contribution in [0.5, 0.6) is 0 Å². The van der Waals surface area contributed by atoms with E-state index in [0.717, 1.165) is 12.6 Å². The minimum Gasteiger partial charge on any atom is -0.329 e. The number of nitrogens with zero attached hydrogens (tertiary/aromatic N) is 2. The van der Waals surface area contributed by atoms with Crippen molar-refractivity contribution in [3.63, 3.8) is 0 Å². The maximum Gasteiger partial charge on any atom is 0.0461 e. The first-order valence-corrected chi connectivity index (χ1v) is 7.37. The summed E-state index contributed by atoms with van der Waals surface area (Å²) in [5.41, 5.74) is 6.45. The first kappa shape index (κ1) is 13.3. The van der Waals surface area contributed by atoms with E-state index in [2.05, 4.69) is 23.8 Å². The van der Waals surface area contributed by atoms with Crippen molar-refractivity contribution < 1.29 is 0 Å². The molecule has 3 heteroatoms. The zero-order chi connectivity index (χ0) is 12.3. The molecule has 0 saturated carbocycles. The van der Waals surface area contributed by atoms with Gasteiger partial charge in [0.2, 0.25) is 0 Å². The fourth-order valence-electron chi connectivity index (χ4n) is 3.91. The van der Waals surface area contributed by atoms with Crippen LogP contribution in [0.4, 0.5) is 0 Å². The summed E-state index contributed by atoms with van der Waals surface area (Å²) in [4.78, 5) is 5.24. The van der Waals surface area contributed by atoms with Crippen LogP contribution in [0.25, 0.3) is 0 Å². The van der Waals surface area contributed by atoms with Gasteiger partial charge in [-0.2, -0.15) is 0 Å². The third-order valence-corrected chi connectivity index (χ3v) is 4.83. The van der Waals surface area contributed by atoms with Crippen LogP contribution < -0.4 is 5.73 Å². The smallest absolute Gasteiger partial charge is 0.0461 e. The maximum atomic E-state index is 6.18. The Bertz CT molecular complexity index is 244. The van der Waals surface area contributed by atoms with E-state index in [1.165, 1.54) is 58.2 Å². The highest BCUT2D eigenvalue weighted by Crippen LogP contribution is 2.33. The molecule has 0 amide bonds. The van der Waals surface area contributed by atoms with E-state index in [-0.39, 0.29) is 5.54 Å². The van der Waals surface area contributed by atoms with E-state index in [1.54, 1.807) is 0 Å². The van der Waals surface area contributed by atoms with Crippen LogP contribution in [0.2, 0.25) is 0 Å². The van der Waals surface area contributed by atoms with Gasteiger partial charge in [-0.1, -0.05) is 13.3 Å². The lowest BCUT2D eigenvalue weighted by atomic mass is 9.83. The molecule has 2 rings (SSSR count). The van der Waals surface area contributed by atoms with E-state index in [0.29, 0.717) is 0 Å². The summed E-state index contributed by atoms with van der Waals surface area (Å²) in [7, 11) is 2.24. The molecule has 0 bridgehead atoms. The second kappa shape index (κ2) is 5.68. The molecular formula is C14H29N3. The van der Waals surface area contributed by atoms with Crippen molar-refractivity contribution in [2.75, 3.05) is 33.2 Å². The third-order valence-electron chi connectivity index (χ3n) is 4.83. The van der Waals surface area contributed by atoms with Crippen molar-refractivity contribution in [1.29, 1.82) is 0 Å². The normalized spacial score (nSPS) is 37.2. The first-order valence-electron chi connectivity index (χ1n) is 7.37. The van der Waals surface area contributed by atoms with E-state index in [4.69, 9.17) is 5.73 Å². The molecule has 2 saturated heterocycles. The number of likely N-dealkylation sites (N-methyl/N-ethyl adjacent to an activating group) is 1. The van der Waals surface area contributed by atoms with Crippen LogP contribution in [-0.2, 0) is 0 Å². The highest BCUT2D eigenvalue weighted by molar-refractivity contribution is 5.00. The Balaban J connectivity index is 2.14. The summed E-state index contributed by atoms with van der Waals surface area (Å²) >= 11 is 0. The van der Waals surface area contributed by atoms with Gasteiger partial charge in [-0.05, 0) is 52.2 Å². The van der Waals surface area contributed by atoms with Crippen molar-refractivity contribution in [2.45, 2.75) is 57.0 Å². The average Bonchev–Trinajstić information content (AvgIpc) is 2.38. The molecule has 0 spiro atoms. The quantitative estimate of drug-likeness (QED) is 0.813. The highest BCUT2D eigenvalue weighted by Gasteiger charge is 2.42. The zero-order valence-corrected chi connectivity index (χ0v) is 11.6. The lowest BCUT2D eigenvalue weighted by Crippen LogP contribution is -2.65. The molecule has 0 aromatic rings. The minimum absolute atomic E-state index is 0.272. The number of hydrogen-bond donors (Lipinski definition) is 1. The number of nitrogens with two attached hydrogens (primary N) is 1. The van der Waals surface area contributed by atoms with Gasteiger partial charge in [-0.15, -0.1) is 0 Å². The molecule has 2 N–H and O–H groups in total. The van der Waals surface area contributed by atoms with Gasteiger partial charge in [0.25, 0.3) is 0 Å². The van der Waals surface area contributed by atoms with Gasteiger partial charge in [0.1, 0.15) is 0 Å². The molecule has 100 valence electrons. The SMILES string of the molecule is CCC1CCCCN1C1(CN)CCCN(C)C1. The fourth-order valence-corrected chi connectivity index (χ4v) is 3.91. The molecule has 17 heavy (non-hydrogen) atoms. The maximum absolute atomic E-state index is 6.18. The Morgan fingerprint density at radius 1 is 1.24 bits per heavy atom. The topological polar surface area (TPSA) is 32.5 Å². The largest absolute Gasteiger partial charge is 0.329 e. The van der Waals surface area contributed by atoms with Gasteiger partial charge in [0.05, 0.1) is 0 Å². The van der Waals surface area contributed by atoms with Crippen molar-refractivity contribution in [3.8, 4) is 0 Å². The number of piperidine rings is 2. The molecule has 2 aliphatic heterocycles. The van der Waals surface area contributed by atoms with Gasteiger partial charge < -0.3 is 10.6 Å². The zero-order valence-electron chi connectivity index (χ0n) is 11.6. The van der Waals surface area contributed by atoms with Crippen molar-refractivity contribution >= 4 is 0 Å². The fraction of sp³-hybridized carbons (Fsp3) is 1.00. The Hall–Kier alpha value is -0.120. The summed E-state index contributed by atoms with van der Waals surface area (Å²) in [6.07, 6.45) is 8.03. The Labute approximate surface area is 106 Å². The number of likely N-dealkylation sites (tertiary alicyclic amines) is 2. The van der Waals surface area contributed by atoms with Crippen molar-refractivity contribution in [3.05, 3.63) is 0 Å². The standard InChI is InChI=1S/C14H29N3/c1-3-13-7-4-5-10-17(13)14(11-15)8-6-9-16(2)12-14/h13H,3-12,15H2,1-2H3. The van der Waals surface area contributed by atoms with Crippen LogP contribution in [0, 0.1) is 0 Å². The average molecular weight is 239 g/mol. The molecule has 2 atom stereocenters. The lowest BCUT2D eigenvalue weighted by Gasteiger charge is -2.53. The van der Waals surface area contributed by atoms with E-state index >= 15 is 0 Å². The molecule has 2 aliphatic rings. The van der Waals surface area contributed by atoms with E-state index in [1.807, 2.05) is 0 Å². The summed E-state index contributed by atoms with van der Waals surface area (Å²) in [5, 5.41) is 0. The van der Waals surface area contributed by atoms with Crippen molar-refractivity contribution in [1.82, 2.24) is 9.80 Å². The monoisotopic (exact) mass is 239 g/mol. The van der Waals surface area contributed by atoms with Crippen LogP contribution in [0.1, 0.15) is 45.4 Å². The van der Waals surface area contributed by atoms with Gasteiger partial charge in [0.15, 0.2) is 0 Å². The van der Waals surface area contributed by atoms with Gasteiger partial charge in [-0.3, -0.25) is 4.90 Å². The summed E-state index contributed by atoms with van der Waals surface area (Å²) in [5.74, 6) is 0. The molecule has 3 nitrogen and oxygen atoms in total. The Morgan fingerprint density at radius 3 is 2.71 bits per heavy atom. The third kappa shape index (κ3) is 2.67. The highest BCUT2D eigenvalue weighted by atomic mass is 15.3. The van der Waals surface area contributed by atoms with E-state index in [9.17, 15) is 0 Å². The predicted molar refractivity (Wildman–Crippen MR) is 73.2 cm³/mol. The van der Waals surface area contributed by atoms with E-state index < -0.39 is 0 Å². The summed E-state index contributed by atoms with van der Waals surface area (Å²) in [6, 6.07) is 0.777. The predicted octanol–water partition coefficient (Wildman–Crippen LogP) is 1.67. The van der Waals surface area contributed by atoms with Crippen LogP contribution in [0.15, 0.2) is 0 Å². The Morgan fingerprint density at radius 2 is 2.06 bits per heavy atom. The molecular weight excluding hydrogens is 210 g/mol. The van der Waals surface area contributed by atoms with Crippen LogP contribution in [0.3, 0.4) is 0 Å². The van der Waals surface area contributed by atoms with Gasteiger partial charge in [0, 0.05) is 24.7 Å². The molecule has 0 aromatic heterocycles. The molecule has 0 radical (unpaired) electrons. The Kier molecular flexibility index (Phi) is 4.45. The van der Waals surface area contributed by atoms with Crippen molar-refractivity contribution in [2.24, 2.45) is 5.73 Å². The second-order valence-electron chi connectivity index (χ2n) is 6.02. The molecule has 0 aromatic carbocycles. The minimum atomic E-state index is 0.272. The molecule has 2 unspecified atom stereocenters. The van der Waals surface area contributed by atoms with Crippen LogP contribution >= 0.6 is 0 Å². The van der Waals surface area contributed by atoms with Crippen LogP contribution in [-0.4, -0.2) is 54.6 Å². The first-order chi connectivity index (χ1) is 8.22. The van der Waals surface area contributed by atoms with Gasteiger partial charge in [-0.25, -0.2) is 0 Å². The number of hydrogen-bond acceptors (Lipinski definition) is 3. The number of rotatable bonds is 3. The second-order valence-corrected chi connectivity index (χ2v) is 6.02. The molecule has 0 aliphatic carbocycles. The summed E-state index contributed by atoms with van der Waals surface area (Å²) < 4.78 is 0. The molecule has 2 heterocycles. The lowest BCUT2D eigenvalue weighted by molar-refractivity contribution is -0.0230. The molecule has 2 fully saturated rings.